The zero-order chi connectivity index (χ0) is 11.5. The Hall–Kier alpha value is -2.03. The molecule has 0 saturated heterocycles. The van der Waals surface area contributed by atoms with Crippen molar-refractivity contribution < 1.29 is 0 Å². The number of rotatable bonds is 2. The lowest BCUT2D eigenvalue weighted by atomic mass is 10.1. The van der Waals surface area contributed by atoms with Crippen LogP contribution in [0.5, 0.6) is 0 Å². The summed E-state index contributed by atoms with van der Waals surface area (Å²) in [6.07, 6.45) is 1.80. The second-order valence-electron chi connectivity index (χ2n) is 3.92. The summed E-state index contributed by atoms with van der Waals surface area (Å²) in [6, 6.07) is 12.1. The van der Waals surface area contributed by atoms with E-state index in [4.69, 9.17) is 5.73 Å². The van der Waals surface area contributed by atoms with E-state index >= 15 is 0 Å². The van der Waals surface area contributed by atoms with E-state index in [0.29, 0.717) is 5.82 Å². The third kappa shape index (κ3) is 2.14. The van der Waals surface area contributed by atoms with E-state index in [-0.39, 0.29) is 0 Å². The molecule has 0 radical (unpaired) electrons. The molecule has 3 heteroatoms. The maximum Gasteiger partial charge on any atom is 0.123 e. The van der Waals surface area contributed by atoms with Crippen LogP contribution >= 0.6 is 0 Å². The normalized spacial score (nSPS) is 10.1. The van der Waals surface area contributed by atoms with Crippen molar-refractivity contribution in [2.75, 3.05) is 24.7 Å². The number of nitrogens with two attached hydrogens (primary N) is 1. The Balaban J connectivity index is 2.40. The summed E-state index contributed by atoms with van der Waals surface area (Å²) in [4.78, 5) is 6.17. The molecule has 0 atom stereocenters. The van der Waals surface area contributed by atoms with Crippen LogP contribution in [0.15, 0.2) is 42.6 Å². The van der Waals surface area contributed by atoms with Gasteiger partial charge in [-0.2, -0.15) is 0 Å². The minimum atomic E-state index is 0.549. The molecule has 2 aromatic rings. The highest BCUT2D eigenvalue weighted by molar-refractivity contribution is 5.68. The van der Waals surface area contributed by atoms with E-state index in [1.54, 1.807) is 6.20 Å². The van der Waals surface area contributed by atoms with Crippen molar-refractivity contribution in [1.82, 2.24) is 4.98 Å². The van der Waals surface area contributed by atoms with Crippen molar-refractivity contribution in [3.05, 3.63) is 42.6 Å². The van der Waals surface area contributed by atoms with Crippen LogP contribution in [0.3, 0.4) is 0 Å². The molecule has 0 spiro atoms. The Morgan fingerprint density at radius 2 is 1.88 bits per heavy atom. The van der Waals surface area contributed by atoms with Gasteiger partial charge in [0.2, 0.25) is 0 Å². The highest BCUT2D eigenvalue weighted by atomic mass is 15.1. The van der Waals surface area contributed by atoms with E-state index in [2.05, 4.69) is 28.1 Å². The molecule has 82 valence electrons. The molecular formula is C13H15N3. The van der Waals surface area contributed by atoms with Crippen LogP contribution in [0.2, 0.25) is 0 Å². The molecule has 1 aromatic carbocycles. The maximum absolute atomic E-state index is 5.56. The van der Waals surface area contributed by atoms with Crippen molar-refractivity contribution in [3.8, 4) is 11.1 Å². The summed E-state index contributed by atoms with van der Waals surface area (Å²) in [5.74, 6) is 0.549. The molecule has 0 unspecified atom stereocenters. The molecule has 0 amide bonds. The van der Waals surface area contributed by atoms with Crippen LogP contribution < -0.4 is 10.6 Å². The molecule has 0 bridgehead atoms. The zero-order valence-electron chi connectivity index (χ0n) is 9.51. The van der Waals surface area contributed by atoms with E-state index in [0.717, 1.165) is 11.1 Å². The van der Waals surface area contributed by atoms with Crippen molar-refractivity contribution in [2.45, 2.75) is 0 Å². The lowest BCUT2D eigenvalue weighted by molar-refractivity contribution is 1.13. The zero-order valence-corrected chi connectivity index (χ0v) is 9.51. The molecule has 1 aromatic heterocycles. The second kappa shape index (κ2) is 4.23. The van der Waals surface area contributed by atoms with E-state index in [1.807, 2.05) is 32.3 Å². The molecule has 2 rings (SSSR count). The number of nitrogen functional groups attached to an aromatic ring is 1. The number of pyridine rings is 1. The fourth-order valence-corrected chi connectivity index (χ4v) is 1.54. The van der Waals surface area contributed by atoms with Crippen LogP contribution in [0.25, 0.3) is 11.1 Å². The van der Waals surface area contributed by atoms with Crippen LogP contribution in [0.1, 0.15) is 0 Å². The molecule has 2 N–H and O–H groups in total. The largest absolute Gasteiger partial charge is 0.384 e. The molecule has 3 nitrogen and oxygen atoms in total. The third-order valence-corrected chi connectivity index (χ3v) is 2.48. The quantitative estimate of drug-likeness (QED) is 0.833. The van der Waals surface area contributed by atoms with Gasteiger partial charge in [0.1, 0.15) is 5.82 Å². The van der Waals surface area contributed by atoms with E-state index in [9.17, 15) is 0 Å². The minimum Gasteiger partial charge on any atom is -0.384 e. The standard InChI is InChI=1S/C13H15N3/c1-16(2)12-5-3-4-10(8-12)11-6-7-13(14)15-9-11/h3-9H,1-2H3,(H2,14,15). The maximum atomic E-state index is 5.56. The molecule has 1 heterocycles. The van der Waals surface area contributed by atoms with E-state index in [1.165, 1.54) is 5.69 Å². The minimum absolute atomic E-state index is 0.549. The summed E-state index contributed by atoms with van der Waals surface area (Å²) in [5, 5.41) is 0. The number of anilines is 2. The molecule has 0 aliphatic rings. The van der Waals surface area contributed by atoms with Gasteiger partial charge in [-0.3, -0.25) is 0 Å². The van der Waals surface area contributed by atoms with Crippen LogP contribution in [-0.4, -0.2) is 19.1 Å². The van der Waals surface area contributed by atoms with Crippen molar-refractivity contribution >= 4 is 11.5 Å². The lowest BCUT2D eigenvalue weighted by Crippen LogP contribution is -2.08. The molecule has 16 heavy (non-hydrogen) atoms. The fourth-order valence-electron chi connectivity index (χ4n) is 1.54. The Bertz CT molecular complexity index is 475. The van der Waals surface area contributed by atoms with Gasteiger partial charge in [0.05, 0.1) is 0 Å². The third-order valence-electron chi connectivity index (χ3n) is 2.48. The van der Waals surface area contributed by atoms with Crippen LogP contribution in [0.4, 0.5) is 11.5 Å². The average Bonchev–Trinajstić information content (AvgIpc) is 2.30. The number of aromatic nitrogens is 1. The van der Waals surface area contributed by atoms with Gasteiger partial charge in [0.25, 0.3) is 0 Å². The van der Waals surface area contributed by atoms with Crippen LogP contribution in [0, 0.1) is 0 Å². The Labute approximate surface area is 95.5 Å². The first-order chi connectivity index (χ1) is 7.66. The van der Waals surface area contributed by atoms with Gasteiger partial charge < -0.3 is 10.6 Å². The van der Waals surface area contributed by atoms with Gasteiger partial charge in [0, 0.05) is 31.5 Å². The monoisotopic (exact) mass is 213 g/mol. The summed E-state index contributed by atoms with van der Waals surface area (Å²) in [7, 11) is 4.06. The summed E-state index contributed by atoms with van der Waals surface area (Å²) < 4.78 is 0. The summed E-state index contributed by atoms with van der Waals surface area (Å²) >= 11 is 0. The Morgan fingerprint density at radius 3 is 2.50 bits per heavy atom. The highest BCUT2D eigenvalue weighted by Gasteiger charge is 2.00. The first-order valence-corrected chi connectivity index (χ1v) is 5.16. The second-order valence-corrected chi connectivity index (χ2v) is 3.92. The molecule has 0 aliphatic carbocycles. The average molecular weight is 213 g/mol. The van der Waals surface area contributed by atoms with Crippen molar-refractivity contribution in [2.24, 2.45) is 0 Å². The smallest absolute Gasteiger partial charge is 0.123 e. The molecular weight excluding hydrogens is 198 g/mol. The SMILES string of the molecule is CN(C)c1cccc(-c2ccc(N)nc2)c1. The predicted octanol–water partition coefficient (Wildman–Crippen LogP) is 2.40. The number of nitrogens with zero attached hydrogens (tertiary/aromatic N) is 2. The molecule has 0 saturated carbocycles. The number of hydrogen-bond donors (Lipinski definition) is 1. The summed E-state index contributed by atoms with van der Waals surface area (Å²) in [5.41, 5.74) is 8.97. The highest BCUT2D eigenvalue weighted by Crippen LogP contribution is 2.23. The van der Waals surface area contributed by atoms with Gasteiger partial charge in [-0.25, -0.2) is 4.98 Å². The summed E-state index contributed by atoms with van der Waals surface area (Å²) in [6.45, 7) is 0. The van der Waals surface area contributed by atoms with Gasteiger partial charge >= 0.3 is 0 Å². The first-order valence-electron chi connectivity index (χ1n) is 5.16. The van der Waals surface area contributed by atoms with Gasteiger partial charge in [-0.1, -0.05) is 12.1 Å². The van der Waals surface area contributed by atoms with Gasteiger partial charge in [0.15, 0.2) is 0 Å². The first kappa shape index (κ1) is 10.5. The Morgan fingerprint density at radius 1 is 1.06 bits per heavy atom. The van der Waals surface area contributed by atoms with Crippen molar-refractivity contribution in [1.29, 1.82) is 0 Å². The van der Waals surface area contributed by atoms with E-state index < -0.39 is 0 Å². The number of hydrogen-bond acceptors (Lipinski definition) is 3. The van der Waals surface area contributed by atoms with Crippen LogP contribution in [-0.2, 0) is 0 Å². The number of benzene rings is 1. The lowest BCUT2D eigenvalue weighted by Gasteiger charge is -2.13. The van der Waals surface area contributed by atoms with Crippen molar-refractivity contribution in [3.63, 3.8) is 0 Å². The molecule has 0 fully saturated rings. The van der Waals surface area contributed by atoms with Gasteiger partial charge in [-0.15, -0.1) is 0 Å². The van der Waals surface area contributed by atoms with Gasteiger partial charge in [-0.05, 0) is 29.8 Å². The molecule has 0 aliphatic heterocycles. The topological polar surface area (TPSA) is 42.1 Å². The Kier molecular flexibility index (Phi) is 2.77. The fraction of sp³-hybridized carbons (Fsp3) is 0.154. The predicted molar refractivity (Wildman–Crippen MR) is 68.4 cm³/mol.